The molecule has 0 heterocycles. The fraction of sp³-hybridized carbons (Fsp3) is 0.934. The quantitative estimate of drug-likeness (QED) is 0.104. The van der Waals surface area contributed by atoms with Crippen LogP contribution >= 0.6 is 0 Å². The molecule has 7 heteroatoms. The van der Waals surface area contributed by atoms with Crippen LogP contribution in [0.1, 0.15) is 266 Å². The second-order valence-electron chi connectivity index (χ2n) is 24.0. The van der Waals surface area contributed by atoms with Crippen molar-refractivity contribution in [3.05, 3.63) is 24.4 Å². The van der Waals surface area contributed by atoms with Crippen LogP contribution in [-0.4, -0.2) is 72.8 Å². The Hall–Kier alpha value is -0.960. The van der Waals surface area contributed by atoms with Gasteiger partial charge in [0.2, 0.25) is 0 Å². The Bertz CT molecular complexity index is 1100. The highest BCUT2D eigenvalue weighted by molar-refractivity contribution is 4.98. The van der Waals surface area contributed by atoms with Gasteiger partial charge in [-0.15, -0.1) is 0 Å². The van der Waals surface area contributed by atoms with E-state index in [0.717, 1.165) is 68.6 Å². The molecule has 0 aliphatic heterocycles. The van der Waals surface area contributed by atoms with Gasteiger partial charge in [0.1, 0.15) is 0 Å². The first kappa shape index (κ1) is 69.1. The molecule has 0 aromatic rings. The largest absolute Gasteiger partial charge is 0.402 e. The van der Waals surface area contributed by atoms with E-state index in [0.29, 0.717) is 79.1 Å². The van der Waals surface area contributed by atoms with Crippen molar-refractivity contribution in [2.45, 2.75) is 327 Å². The fourth-order valence-electron chi connectivity index (χ4n) is 10.2. The molecule has 408 valence electrons. The minimum atomic E-state index is -0.0738. The average molecular weight is 967 g/mol. The van der Waals surface area contributed by atoms with Crippen molar-refractivity contribution in [3.8, 4) is 0 Å². The third-order valence-electron chi connectivity index (χ3n) is 13.3. The number of ether oxygens (including phenoxy) is 5. The third kappa shape index (κ3) is 42.7. The van der Waals surface area contributed by atoms with Gasteiger partial charge >= 0.3 is 0 Å². The SMILES string of the molecule is C.C=C(N)CCO[C@H](C)CC(C)C.C=C1CCC(O[C@H](C)CC(C)C)CC1.CC(C)C[C@@H](C)OC1CCC(C)CC1.CC(C)C[C@@H](C)OC1CCC(O)CC1.CC(C)C[C@@H](C)OC1CCCCC1. The number of hydrogen-bond donors (Lipinski definition) is 2. The van der Waals surface area contributed by atoms with Gasteiger partial charge in [0, 0.05) is 12.1 Å². The smallest absolute Gasteiger partial charge is 0.0584 e. The van der Waals surface area contributed by atoms with Gasteiger partial charge in [-0.3, -0.25) is 0 Å². The highest BCUT2D eigenvalue weighted by Crippen LogP contribution is 2.29. The van der Waals surface area contributed by atoms with E-state index >= 15 is 0 Å². The van der Waals surface area contributed by atoms with Gasteiger partial charge in [0.05, 0.1) is 67.6 Å². The lowest BCUT2D eigenvalue weighted by Crippen LogP contribution is -2.28. The molecule has 0 aromatic heterocycles. The summed E-state index contributed by atoms with van der Waals surface area (Å²) in [5.74, 6) is 4.59. The molecule has 0 unspecified atom stereocenters. The zero-order valence-electron chi connectivity index (χ0n) is 47.7. The third-order valence-corrected chi connectivity index (χ3v) is 13.3. The Morgan fingerprint density at radius 2 is 0.794 bits per heavy atom. The Kier molecular flexibility index (Phi) is 42.2. The van der Waals surface area contributed by atoms with Gasteiger partial charge in [-0.1, -0.05) is 122 Å². The van der Waals surface area contributed by atoms with Gasteiger partial charge in [0.25, 0.3) is 0 Å². The summed E-state index contributed by atoms with van der Waals surface area (Å²) in [4.78, 5) is 0. The summed E-state index contributed by atoms with van der Waals surface area (Å²) in [5, 5.41) is 9.35. The standard InChI is InChI=1S/C13H26O.C13H24O.C12H24O2.C12H24O.C10H21NO.CH4/c2*1-10(2)9-12(4)14-13-7-5-11(3)6-8-13;1-9(2)8-10(3)14-12-6-4-11(13)5-7-12;1-10(2)9-11(3)13-12-7-5-4-6-8-12;1-8(2)7-10(4)12-6-5-9(3)11;/h10-13H,5-9H2,1-4H3;10,12-13H,3,5-9H2,1-2,4H3;9-13H,4-8H2,1-3H3;10-12H,4-9H2,1-3H3;8,10H,3,5-7,11H2,1-2,4H3;1H4/t11?,12-,13?;12-;10-,11?,12?;11-;10-;/m11111./s1. The Labute approximate surface area is 426 Å². The van der Waals surface area contributed by atoms with Crippen molar-refractivity contribution in [2.75, 3.05) is 6.61 Å². The number of rotatable bonds is 22. The normalized spacial score (nSPS) is 23.6. The molecule has 68 heavy (non-hydrogen) atoms. The van der Waals surface area contributed by atoms with Crippen LogP contribution in [0.3, 0.4) is 0 Å². The Balaban J connectivity index is 0. The van der Waals surface area contributed by atoms with Crippen molar-refractivity contribution in [3.63, 3.8) is 0 Å². The molecule has 7 nitrogen and oxygen atoms in total. The predicted octanol–water partition coefficient (Wildman–Crippen LogP) is 17.4. The lowest BCUT2D eigenvalue weighted by atomic mass is 9.89. The summed E-state index contributed by atoms with van der Waals surface area (Å²) in [6, 6.07) is 0. The van der Waals surface area contributed by atoms with E-state index in [2.05, 4.69) is 124 Å². The van der Waals surface area contributed by atoms with Crippen molar-refractivity contribution in [1.82, 2.24) is 0 Å². The van der Waals surface area contributed by atoms with Gasteiger partial charge in [-0.25, -0.2) is 0 Å². The van der Waals surface area contributed by atoms with Crippen LogP contribution in [-0.2, 0) is 23.7 Å². The van der Waals surface area contributed by atoms with Gasteiger partial charge < -0.3 is 34.5 Å². The molecule has 0 saturated heterocycles. The van der Waals surface area contributed by atoms with Crippen LogP contribution in [0.4, 0.5) is 0 Å². The molecule has 4 fully saturated rings. The summed E-state index contributed by atoms with van der Waals surface area (Å²) in [6.07, 6.45) is 31.2. The van der Waals surface area contributed by atoms with Gasteiger partial charge in [0.15, 0.2) is 0 Å². The molecule has 0 spiro atoms. The molecule has 0 aromatic carbocycles. The first-order valence-electron chi connectivity index (χ1n) is 28.4. The van der Waals surface area contributed by atoms with E-state index in [-0.39, 0.29) is 13.5 Å². The zero-order valence-corrected chi connectivity index (χ0v) is 47.7. The van der Waals surface area contributed by atoms with Crippen LogP contribution < -0.4 is 5.73 Å². The van der Waals surface area contributed by atoms with Crippen LogP contribution in [0.5, 0.6) is 0 Å². The lowest BCUT2D eigenvalue weighted by Gasteiger charge is -2.29. The zero-order chi connectivity index (χ0) is 50.9. The van der Waals surface area contributed by atoms with E-state index in [9.17, 15) is 5.11 Å². The maximum Gasteiger partial charge on any atom is 0.0584 e. The maximum absolute atomic E-state index is 9.35. The average Bonchev–Trinajstić information content (AvgIpc) is 3.20. The molecular weight excluding hydrogens is 843 g/mol. The first-order valence-corrected chi connectivity index (χ1v) is 28.4. The predicted molar refractivity (Wildman–Crippen MR) is 298 cm³/mol. The lowest BCUT2D eigenvalue weighted by molar-refractivity contribution is -0.0470. The van der Waals surface area contributed by atoms with Gasteiger partial charge in [-0.2, -0.15) is 0 Å². The summed E-state index contributed by atoms with van der Waals surface area (Å²) in [6.45, 7) is 44.0. The van der Waals surface area contributed by atoms with E-state index < -0.39 is 0 Å². The first-order chi connectivity index (χ1) is 31.4. The highest BCUT2D eigenvalue weighted by Gasteiger charge is 2.23. The molecule has 4 aliphatic rings. The molecule has 0 amide bonds. The minimum absolute atomic E-state index is 0. The summed E-state index contributed by atoms with van der Waals surface area (Å²) in [7, 11) is 0. The second kappa shape index (κ2) is 41.5. The van der Waals surface area contributed by atoms with Crippen LogP contribution in [0.25, 0.3) is 0 Å². The van der Waals surface area contributed by atoms with E-state index in [1.54, 1.807) is 0 Å². The molecule has 4 aliphatic carbocycles. The Morgan fingerprint density at radius 1 is 0.485 bits per heavy atom. The van der Waals surface area contributed by atoms with Gasteiger partial charge in [-0.05, 0) is 192 Å². The van der Waals surface area contributed by atoms with Crippen molar-refractivity contribution in [2.24, 2.45) is 41.2 Å². The molecule has 0 bridgehead atoms. The minimum Gasteiger partial charge on any atom is -0.402 e. The van der Waals surface area contributed by atoms with Crippen molar-refractivity contribution >= 4 is 0 Å². The number of aliphatic hydroxyl groups excluding tert-OH is 1. The number of hydrogen-bond acceptors (Lipinski definition) is 7. The van der Waals surface area contributed by atoms with Crippen molar-refractivity contribution < 1.29 is 28.8 Å². The number of nitrogens with two attached hydrogens (primary N) is 1. The van der Waals surface area contributed by atoms with Crippen LogP contribution in [0.2, 0.25) is 0 Å². The van der Waals surface area contributed by atoms with E-state index in [1.165, 1.54) is 108 Å². The topological polar surface area (TPSA) is 92.4 Å². The van der Waals surface area contributed by atoms with E-state index in [4.69, 9.17) is 29.4 Å². The van der Waals surface area contributed by atoms with Crippen LogP contribution in [0, 0.1) is 35.5 Å². The summed E-state index contributed by atoms with van der Waals surface area (Å²) in [5.41, 5.74) is 7.51. The maximum atomic E-state index is 9.35. The summed E-state index contributed by atoms with van der Waals surface area (Å²) < 4.78 is 29.5. The highest BCUT2D eigenvalue weighted by atomic mass is 16.5. The van der Waals surface area contributed by atoms with Crippen LogP contribution in [0.15, 0.2) is 24.4 Å². The second-order valence-corrected chi connectivity index (χ2v) is 24.0. The van der Waals surface area contributed by atoms with Crippen molar-refractivity contribution in [1.29, 1.82) is 0 Å². The molecule has 4 saturated carbocycles. The molecule has 4 rings (SSSR count). The molecule has 3 N–H and O–H groups in total. The number of aliphatic hydroxyl groups is 1. The molecule has 0 radical (unpaired) electrons. The molecular formula is C61H123NO6. The monoisotopic (exact) mass is 966 g/mol. The van der Waals surface area contributed by atoms with E-state index in [1.807, 2.05) is 0 Å². The summed E-state index contributed by atoms with van der Waals surface area (Å²) >= 11 is 0. The fourth-order valence-corrected chi connectivity index (χ4v) is 10.2. The Morgan fingerprint density at radius 3 is 1.13 bits per heavy atom. The number of allylic oxidation sites excluding steroid dienone is 1. The molecule has 5 atom stereocenters.